The van der Waals surface area contributed by atoms with Gasteiger partial charge in [-0.3, -0.25) is 4.79 Å². The van der Waals surface area contributed by atoms with Gasteiger partial charge < -0.3 is 20.3 Å². The molecule has 1 aliphatic rings. The van der Waals surface area contributed by atoms with Gasteiger partial charge in [0.25, 0.3) is 0 Å². The Balaban J connectivity index is 1.51. The molecule has 0 saturated carbocycles. The Labute approximate surface area is 157 Å². The van der Waals surface area contributed by atoms with Gasteiger partial charge in [-0.25, -0.2) is 4.79 Å². The molecule has 1 fully saturated rings. The Hall–Kier alpha value is -2.73. The molecule has 0 spiro atoms. The number of hydrogen-bond donors (Lipinski definition) is 2. The van der Waals surface area contributed by atoms with Crippen molar-refractivity contribution in [1.82, 2.24) is 5.32 Å². The van der Waals surface area contributed by atoms with E-state index in [1.165, 1.54) is 0 Å². The third kappa shape index (κ3) is 4.46. The van der Waals surface area contributed by atoms with Crippen molar-refractivity contribution in [2.24, 2.45) is 5.92 Å². The standard InChI is InChI=1S/C19H20ClN3O3/c1-26-17-4-2-3-15(10-17)22-19(25)21-11-13-9-18(24)23(12-13)16-7-5-14(20)6-8-16/h2-8,10,13H,9,11-12H2,1H3,(H2,21,22,25)/t13-/m0/s1. The number of ether oxygens (including phenoxy) is 1. The second-order valence-electron chi connectivity index (χ2n) is 6.12. The number of carbonyl (C=O) groups is 2. The number of benzene rings is 2. The van der Waals surface area contributed by atoms with Crippen molar-refractivity contribution in [3.63, 3.8) is 0 Å². The number of carbonyl (C=O) groups excluding carboxylic acids is 2. The second-order valence-corrected chi connectivity index (χ2v) is 6.55. The highest BCUT2D eigenvalue weighted by Gasteiger charge is 2.30. The fourth-order valence-electron chi connectivity index (χ4n) is 2.90. The van der Waals surface area contributed by atoms with E-state index < -0.39 is 0 Å². The van der Waals surface area contributed by atoms with Crippen molar-refractivity contribution in [3.8, 4) is 5.75 Å². The van der Waals surface area contributed by atoms with E-state index in [0.717, 1.165) is 5.69 Å². The molecule has 26 heavy (non-hydrogen) atoms. The minimum atomic E-state index is -0.310. The molecule has 0 aromatic heterocycles. The van der Waals surface area contributed by atoms with Crippen molar-refractivity contribution in [2.75, 3.05) is 30.4 Å². The van der Waals surface area contributed by atoms with Crippen LogP contribution in [0.25, 0.3) is 0 Å². The van der Waals surface area contributed by atoms with Crippen LogP contribution in [0.2, 0.25) is 5.02 Å². The number of anilines is 2. The summed E-state index contributed by atoms with van der Waals surface area (Å²) in [6.07, 6.45) is 0.405. The van der Waals surface area contributed by atoms with Gasteiger partial charge in [-0.2, -0.15) is 0 Å². The highest BCUT2D eigenvalue weighted by atomic mass is 35.5. The van der Waals surface area contributed by atoms with Crippen LogP contribution >= 0.6 is 11.6 Å². The first-order valence-electron chi connectivity index (χ1n) is 8.30. The monoisotopic (exact) mass is 373 g/mol. The first-order chi connectivity index (χ1) is 12.5. The fourth-order valence-corrected chi connectivity index (χ4v) is 3.03. The van der Waals surface area contributed by atoms with E-state index in [-0.39, 0.29) is 17.9 Å². The summed E-state index contributed by atoms with van der Waals surface area (Å²) in [5.74, 6) is 0.782. The Morgan fingerprint density at radius 2 is 2.04 bits per heavy atom. The van der Waals surface area contributed by atoms with Crippen LogP contribution in [0.3, 0.4) is 0 Å². The lowest BCUT2D eigenvalue weighted by atomic mass is 10.1. The summed E-state index contributed by atoms with van der Waals surface area (Å²) in [6, 6.07) is 14.0. The summed E-state index contributed by atoms with van der Waals surface area (Å²) in [5, 5.41) is 6.21. The molecule has 0 bridgehead atoms. The van der Waals surface area contributed by atoms with Gasteiger partial charge in [0.1, 0.15) is 5.75 Å². The van der Waals surface area contributed by atoms with Crippen molar-refractivity contribution >= 4 is 34.9 Å². The van der Waals surface area contributed by atoms with E-state index in [4.69, 9.17) is 16.3 Å². The van der Waals surface area contributed by atoms with E-state index >= 15 is 0 Å². The third-order valence-electron chi connectivity index (χ3n) is 4.22. The second kappa shape index (κ2) is 8.10. The van der Waals surface area contributed by atoms with Crippen LogP contribution < -0.4 is 20.3 Å². The van der Waals surface area contributed by atoms with Crippen LogP contribution in [-0.2, 0) is 4.79 Å². The number of halogens is 1. The van der Waals surface area contributed by atoms with Gasteiger partial charge in [-0.15, -0.1) is 0 Å². The number of nitrogens with one attached hydrogen (secondary N) is 2. The average molecular weight is 374 g/mol. The fraction of sp³-hybridized carbons (Fsp3) is 0.263. The smallest absolute Gasteiger partial charge is 0.319 e. The molecule has 7 heteroatoms. The zero-order valence-corrected chi connectivity index (χ0v) is 15.1. The van der Waals surface area contributed by atoms with Crippen LogP contribution in [0.1, 0.15) is 6.42 Å². The molecule has 1 aliphatic heterocycles. The Morgan fingerprint density at radius 1 is 1.27 bits per heavy atom. The minimum Gasteiger partial charge on any atom is -0.497 e. The van der Waals surface area contributed by atoms with Gasteiger partial charge >= 0.3 is 6.03 Å². The van der Waals surface area contributed by atoms with Crippen molar-refractivity contribution < 1.29 is 14.3 Å². The number of nitrogens with zero attached hydrogens (tertiary/aromatic N) is 1. The number of methoxy groups -OCH3 is 1. The van der Waals surface area contributed by atoms with Gasteiger partial charge in [0, 0.05) is 47.9 Å². The van der Waals surface area contributed by atoms with Crippen molar-refractivity contribution in [3.05, 3.63) is 53.6 Å². The van der Waals surface area contributed by atoms with E-state index in [2.05, 4.69) is 10.6 Å². The largest absolute Gasteiger partial charge is 0.497 e. The summed E-state index contributed by atoms with van der Waals surface area (Å²) in [4.78, 5) is 26.0. The number of amides is 3. The maximum atomic E-state index is 12.2. The molecule has 0 unspecified atom stereocenters. The molecule has 0 radical (unpaired) electrons. The molecular weight excluding hydrogens is 354 g/mol. The van der Waals surface area contributed by atoms with E-state index in [1.54, 1.807) is 48.4 Å². The molecule has 1 heterocycles. The molecule has 1 saturated heterocycles. The van der Waals surface area contributed by atoms with E-state index in [1.807, 2.05) is 12.1 Å². The molecule has 1 atom stereocenters. The first-order valence-corrected chi connectivity index (χ1v) is 8.68. The lowest BCUT2D eigenvalue weighted by molar-refractivity contribution is -0.117. The topological polar surface area (TPSA) is 70.7 Å². The molecule has 6 nitrogen and oxygen atoms in total. The predicted molar refractivity (Wildman–Crippen MR) is 102 cm³/mol. The van der Waals surface area contributed by atoms with Crippen LogP contribution in [-0.4, -0.2) is 32.1 Å². The summed E-state index contributed by atoms with van der Waals surface area (Å²) < 4.78 is 5.13. The Kier molecular flexibility index (Phi) is 5.63. The Morgan fingerprint density at radius 3 is 2.77 bits per heavy atom. The molecule has 136 valence electrons. The maximum absolute atomic E-state index is 12.2. The number of hydrogen-bond acceptors (Lipinski definition) is 3. The molecule has 3 rings (SSSR count). The van der Waals surface area contributed by atoms with Gasteiger partial charge in [0.15, 0.2) is 0 Å². The molecule has 2 aromatic rings. The third-order valence-corrected chi connectivity index (χ3v) is 4.47. The summed E-state index contributed by atoms with van der Waals surface area (Å²) in [7, 11) is 1.57. The molecule has 2 aromatic carbocycles. The molecule has 2 N–H and O–H groups in total. The molecule has 0 aliphatic carbocycles. The van der Waals surface area contributed by atoms with Crippen LogP contribution in [0.5, 0.6) is 5.75 Å². The van der Waals surface area contributed by atoms with E-state index in [0.29, 0.717) is 36.0 Å². The van der Waals surface area contributed by atoms with Crippen LogP contribution in [0.15, 0.2) is 48.5 Å². The molecule has 3 amide bonds. The van der Waals surface area contributed by atoms with Crippen molar-refractivity contribution in [1.29, 1.82) is 0 Å². The van der Waals surface area contributed by atoms with Gasteiger partial charge in [-0.05, 0) is 36.4 Å². The maximum Gasteiger partial charge on any atom is 0.319 e. The van der Waals surface area contributed by atoms with Gasteiger partial charge in [0.2, 0.25) is 5.91 Å². The normalized spacial score (nSPS) is 16.5. The van der Waals surface area contributed by atoms with Gasteiger partial charge in [-0.1, -0.05) is 17.7 Å². The minimum absolute atomic E-state index is 0.0485. The summed E-state index contributed by atoms with van der Waals surface area (Å²) >= 11 is 5.89. The zero-order chi connectivity index (χ0) is 18.5. The molecular formula is C19H20ClN3O3. The lowest BCUT2D eigenvalue weighted by Gasteiger charge is -2.17. The van der Waals surface area contributed by atoms with Gasteiger partial charge in [0.05, 0.1) is 7.11 Å². The van der Waals surface area contributed by atoms with E-state index in [9.17, 15) is 9.59 Å². The quantitative estimate of drug-likeness (QED) is 0.842. The van der Waals surface area contributed by atoms with Crippen molar-refractivity contribution in [2.45, 2.75) is 6.42 Å². The SMILES string of the molecule is COc1cccc(NC(=O)NC[C@@H]2CC(=O)N(c3ccc(Cl)cc3)C2)c1. The first kappa shape index (κ1) is 18.1. The average Bonchev–Trinajstić information content (AvgIpc) is 3.01. The highest BCUT2D eigenvalue weighted by Crippen LogP contribution is 2.26. The lowest BCUT2D eigenvalue weighted by Crippen LogP contribution is -2.34. The number of urea groups is 1. The Bertz CT molecular complexity index is 795. The predicted octanol–water partition coefficient (Wildman–Crippen LogP) is 3.52. The summed E-state index contributed by atoms with van der Waals surface area (Å²) in [6.45, 7) is 0.992. The zero-order valence-electron chi connectivity index (χ0n) is 14.4. The summed E-state index contributed by atoms with van der Waals surface area (Å²) in [5.41, 5.74) is 1.47. The van der Waals surface area contributed by atoms with Crippen LogP contribution in [0.4, 0.5) is 16.2 Å². The highest BCUT2D eigenvalue weighted by molar-refractivity contribution is 6.30. The van der Waals surface area contributed by atoms with Crippen LogP contribution in [0, 0.1) is 5.92 Å². The number of rotatable bonds is 5.